The van der Waals surface area contributed by atoms with E-state index in [1.54, 1.807) is 12.1 Å². The van der Waals surface area contributed by atoms with Gasteiger partial charge in [-0.25, -0.2) is 18.2 Å². The van der Waals surface area contributed by atoms with Gasteiger partial charge in [-0.1, -0.05) is 25.2 Å². The van der Waals surface area contributed by atoms with Gasteiger partial charge in [0.05, 0.1) is 18.7 Å². The topological polar surface area (TPSA) is 60.6 Å². The second-order valence-electron chi connectivity index (χ2n) is 11.1. The van der Waals surface area contributed by atoms with Crippen LogP contribution in [0.5, 0.6) is 0 Å². The number of alkyl halides is 2. The number of ketones is 1. The quantitative estimate of drug-likeness (QED) is 0.363. The largest absolute Gasteiger partial charge is 0.478 e. The van der Waals surface area contributed by atoms with Gasteiger partial charge in [-0.05, 0) is 69.9 Å². The van der Waals surface area contributed by atoms with Crippen LogP contribution in [0.2, 0.25) is 13.1 Å². The molecule has 0 spiro atoms. The second-order valence-corrected chi connectivity index (χ2v) is 15.4. The van der Waals surface area contributed by atoms with E-state index in [4.69, 9.17) is 0 Å². The molecule has 1 N–H and O–H groups in total. The third-order valence-corrected chi connectivity index (χ3v) is 11.7. The third kappa shape index (κ3) is 3.81. The fourth-order valence-electron chi connectivity index (χ4n) is 5.94. The molecule has 2 fully saturated rings. The summed E-state index contributed by atoms with van der Waals surface area (Å²) in [7, 11) is -2.33. The van der Waals surface area contributed by atoms with Gasteiger partial charge in [-0.15, -0.1) is 0 Å². The number of anilines is 1. The number of allylic oxidation sites excluding steroid dienone is 5. The summed E-state index contributed by atoms with van der Waals surface area (Å²) >= 11 is 0. The normalized spacial score (nSPS) is 21.9. The second kappa shape index (κ2) is 8.70. The Morgan fingerprint density at radius 3 is 2.37 bits per heavy atom. The summed E-state index contributed by atoms with van der Waals surface area (Å²) < 4.78 is 29.4. The van der Waals surface area contributed by atoms with Gasteiger partial charge in [-0.3, -0.25) is 4.79 Å². The van der Waals surface area contributed by atoms with Crippen LogP contribution >= 0.6 is 0 Å². The number of hydrogen-bond acceptors (Lipinski definition) is 3. The van der Waals surface area contributed by atoms with E-state index in [1.807, 2.05) is 33.8 Å². The van der Waals surface area contributed by atoms with E-state index in [0.29, 0.717) is 37.3 Å². The van der Waals surface area contributed by atoms with E-state index in [1.165, 1.54) is 13.0 Å². The summed E-state index contributed by atoms with van der Waals surface area (Å²) in [5, 5.41) is 12.4. The van der Waals surface area contributed by atoms with E-state index >= 15 is 0 Å². The molecule has 3 heterocycles. The lowest BCUT2D eigenvalue weighted by Crippen LogP contribution is -2.52. The molecular formula is C30H29F2N2O3Si+. The lowest BCUT2D eigenvalue weighted by atomic mass is 9.86. The number of Topliss-reactive ketones (excluding diaryl/α,β-unsaturated/α-hetero) is 1. The van der Waals surface area contributed by atoms with Gasteiger partial charge >= 0.3 is 5.97 Å². The number of fused-ring (bicyclic) bond motifs is 2. The molecule has 6 rings (SSSR count). The van der Waals surface area contributed by atoms with Crippen LogP contribution in [0.25, 0.3) is 5.57 Å². The molecule has 3 aliphatic heterocycles. The summed E-state index contributed by atoms with van der Waals surface area (Å²) in [6, 6.07) is 10.9. The van der Waals surface area contributed by atoms with Gasteiger partial charge in [0.25, 0.3) is 0 Å². The van der Waals surface area contributed by atoms with E-state index in [9.17, 15) is 23.5 Å². The average molecular weight is 532 g/mol. The Kier molecular flexibility index (Phi) is 5.64. The number of carboxylic acid groups (broad SMARTS) is 1. The first-order valence-corrected chi connectivity index (χ1v) is 15.9. The summed E-state index contributed by atoms with van der Waals surface area (Å²) in [6.07, 6.45) is 4.48. The fourth-order valence-corrected chi connectivity index (χ4v) is 9.01. The molecule has 5 nitrogen and oxygen atoms in total. The first-order chi connectivity index (χ1) is 18.0. The van der Waals surface area contributed by atoms with Gasteiger partial charge in [-0.2, -0.15) is 0 Å². The van der Waals surface area contributed by atoms with Gasteiger partial charge in [0.15, 0.2) is 24.6 Å². The van der Waals surface area contributed by atoms with Crippen molar-refractivity contribution in [1.29, 1.82) is 0 Å². The zero-order chi connectivity index (χ0) is 26.9. The highest BCUT2D eigenvalue weighted by Crippen LogP contribution is 2.43. The summed E-state index contributed by atoms with van der Waals surface area (Å²) in [4.78, 5) is 26.7. The van der Waals surface area contributed by atoms with E-state index in [2.05, 4.69) is 25.2 Å². The Morgan fingerprint density at radius 2 is 1.74 bits per heavy atom. The predicted molar refractivity (Wildman–Crippen MR) is 147 cm³/mol. The van der Waals surface area contributed by atoms with Crippen molar-refractivity contribution in [2.45, 2.75) is 32.4 Å². The van der Waals surface area contributed by atoms with Crippen LogP contribution in [0, 0.1) is 0 Å². The zero-order valence-corrected chi connectivity index (χ0v) is 22.6. The molecule has 4 aliphatic rings. The number of carbonyl (C=O) groups is 2. The SMILES string of the molecule is CC(=O)c1ccc(C(=O)O)c(C2=C3C=CC(=[N+]4CC(F)C4)C=C3[Si](C)(C)c3cc(N4CC(F)C4)ccc32)c1. The number of hydrogen-bond donors (Lipinski definition) is 1. The van der Waals surface area contributed by atoms with Crippen molar-refractivity contribution in [3.05, 3.63) is 87.6 Å². The molecule has 38 heavy (non-hydrogen) atoms. The van der Waals surface area contributed by atoms with Crippen LogP contribution in [-0.4, -0.2) is 73.7 Å². The maximum Gasteiger partial charge on any atom is 0.336 e. The number of nitrogens with zero attached hydrogens (tertiary/aromatic N) is 2. The van der Waals surface area contributed by atoms with E-state index < -0.39 is 26.4 Å². The minimum absolute atomic E-state index is 0.127. The van der Waals surface area contributed by atoms with Crippen LogP contribution in [0.1, 0.15) is 38.8 Å². The number of carboxylic acids is 1. The van der Waals surface area contributed by atoms with Crippen LogP contribution in [-0.2, 0) is 0 Å². The maximum absolute atomic E-state index is 13.7. The molecule has 2 aromatic rings. The van der Waals surface area contributed by atoms with Crippen LogP contribution in [0.3, 0.4) is 0 Å². The highest BCUT2D eigenvalue weighted by Gasteiger charge is 2.43. The van der Waals surface area contributed by atoms with E-state index in [0.717, 1.165) is 38.5 Å². The lowest BCUT2D eigenvalue weighted by Gasteiger charge is -2.41. The Bertz CT molecular complexity index is 1540. The summed E-state index contributed by atoms with van der Waals surface area (Å²) in [5.41, 5.74) is 5.64. The molecule has 1 aliphatic carbocycles. The predicted octanol–water partition coefficient (Wildman–Crippen LogP) is 4.32. The summed E-state index contributed by atoms with van der Waals surface area (Å²) in [6.45, 7) is 7.45. The van der Waals surface area contributed by atoms with Gasteiger partial charge in [0, 0.05) is 23.4 Å². The average Bonchev–Trinajstić information content (AvgIpc) is 2.84. The molecule has 194 valence electrons. The monoisotopic (exact) mass is 531 g/mol. The maximum atomic E-state index is 13.7. The number of halogens is 2. The molecule has 8 heteroatoms. The van der Waals surface area contributed by atoms with Crippen molar-refractivity contribution < 1.29 is 28.1 Å². The van der Waals surface area contributed by atoms with Crippen LogP contribution in [0.15, 0.2) is 65.4 Å². The Labute approximate surface area is 221 Å². The number of carbonyl (C=O) groups excluding carboxylic acids is 1. The molecule has 0 saturated carbocycles. The molecule has 0 radical (unpaired) electrons. The molecule has 0 unspecified atom stereocenters. The fraction of sp³-hybridized carbons (Fsp3) is 0.300. The van der Waals surface area contributed by atoms with Crippen molar-refractivity contribution in [2.24, 2.45) is 0 Å². The molecule has 0 atom stereocenters. The molecule has 0 aromatic heterocycles. The molecule has 2 saturated heterocycles. The van der Waals surface area contributed by atoms with Gasteiger partial charge in [0.2, 0.25) is 6.17 Å². The third-order valence-electron chi connectivity index (χ3n) is 8.22. The highest BCUT2D eigenvalue weighted by atomic mass is 28.3. The van der Waals surface area contributed by atoms with Crippen LogP contribution < -0.4 is 10.1 Å². The van der Waals surface area contributed by atoms with Gasteiger partial charge < -0.3 is 10.0 Å². The number of benzene rings is 2. The lowest BCUT2D eigenvalue weighted by molar-refractivity contribution is -0.599. The van der Waals surface area contributed by atoms with Crippen molar-refractivity contribution in [1.82, 2.24) is 0 Å². The van der Waals surface area contributed by atoms with Crippen molar-refractivity contribution in [2.75, 3.05) is 31.1 Å². The smallest absolute Gasteiger partial charge is 0.336 e. The first kappa shape index (κ1) is 24.7. The van der Waals surface area contributed by atoms with Gasteiger partial charge in [0.1, 0.15) is 14.2 Å². The van der Waals surface area contributed by atoms with Crippen molar-refractivity contribution in [3.8, 4) is 0 Å². The van der Waals surface area contributed by atoms with Crippen molar-refractivity contribution >= 4 is 42.0 Å². The minimum Gasteiger partial charge on any atom is -0.478 e. The zero-order valence-electron chi connectivity index (χ0n) is 21.6. The summed E-state index contributed by atoms with van der Waals surface area (Å²) in [5.74, 6) is -1.21. The Balaban J connectivity index is 1.63. The molecule has 0 amide bonds. The molecule has 0 bridgehead atoms. The Hall–Kier alpha value is -3.65. The highest BCUT2D eigenvalue weighted by molar-refractivity contribution is 6.98. The van der Waals surface area contributed by atoms with E-state index in [-0.39, 0.29) is 11.3 Å². The number of rotatable bonds is 4. The van der Waals surface area contributed by atoms with Crippen LogP contribution in [0.4, 0.5) is 14.5 Å². The standard InChI is InChI=1S/C30H28F2N2O3Si/c1-17(35)18-4-7-23(30(36)37)26(10-18)29-24-8-5-21(33-13-19(31)14-33)11-27(24)38(2,3)28-12-22(6-9-25(28)29)34-15-20(32)16-34/h4-12,19-20H,13-16H2,1-3H3/p+1. The van der Waals surface area contributed by atoms with Crippen molar-refractivity contribution in [3.63, 3.8) is 0 Å². The minimum atomic E-state index is -2.33. The molecule has 2 aromatic carbocycles. The first-order valence-electron chi connectivity index (χ1n) is 12.9. The Morgan fingerprint density at radius 1 is 1.00 bits per heavy atom. The number of aromatic carboxylic acids is 1. The molecular weight excluding hydrogens is 502 g/mol.